The van der Waals surface area contributed by atoms with Gasteiger partial charge >= 0.3 is 0 Å². The molecule has 1 unspecified atom stereocenters. The summed E-state index contributed by atoms with van der Waals surface area (Å²) in [6.45, 7) is 1.05. The number of benzene rings is 2. The fourth-order valence-electron chi connectivity index (χ4n) is 3.49. The van der Waals surface area contributed by atoms with E-state index >= 15 is 0 Å². The molecule has 0 bridgehead atoms. The minimum atomic E-state index is -0.200. The number of carbonyl (C=O) groups excluding carboxylic acids is 2. The van der Waals surface area contributed by atoms with E-state index in [0.717, 1.165) is 16.8 Å². The largest absolute Gasteiger partial charge is 0.378 e. The molecule has 0 spiro atoms. The zero-order valence-electron chi connectivity index (χ0n) is 16.0. The number of hydrogen-bond acceptors (Lipinski definition) is 3. The van der Waals surface area contributed by atoms with E-state index in [1.165, 1.54) is 0 Å². The van der Waals surface area contributed by atoms with Crippen molar-refractivity contribution in [2.24, 2.45) is 0 Å². The number of rotatable bonds is 5. The smallest absolute Gasteiger partial charge is 0.223 e. The van der Waals surface area contributed by atoms with Crippen molar-refractivity contribution in [3.05, 3.63) is 65.7 Å². The Morgan fingerprint density at radius 1 is 1.15 bits per heavy atom. The summed E-state index contributed by atoms with van der Waals surface area (Å²) in [5, 5.41) is 2.88. The van der Waals surface area contributed by atoms with Crippen molar-refractivity contribution >= 4 is 17.5 Å². The Morgan fingerprint density at radius 2 is 1.93 bits per heavy atom. The van der Waals surface area contributed by atoms with E-state index in [9.17, 15) is 9.59 Å². The molecule has 1 saturated heterocycles. The lowest BCUT2D eigenvalue weighted by Crippen LogP contribution is -2.36. The van der Waals surface area contributed by atoms with Crippen LogP contribution in [0.2, 0.25) is 0 Å². The maximum atomic E-state index is 13.0. The fourth-order valence-corrected chi connectivity index (χ4v) is 3.49. The molecule has 1 N–H and O–H groups in total. The molecule has 3 rings (SSSR count). The van der Waals surface area contributed by atoms with Gasteiger partial charge in [0.15, 0.2) is 0 Å². The van der Waals surface area contributed by atoms with Gasteiger partial charge in [0.25, 0.3) is 0 Å². The van der Waals surface area contributed by atoms with E-state index in [1.54, 1.807) is 0 Å². The summed E-state index contributed by atoms with van der Waals surface area (Å²) >= 11 is 0. The highest BCUT2D eigenvalue weighted by atomic mass is 16.2. The molecule has 5 heteroatoms. The lowest BCUT2D eigenvalue weighted by molar-refractivity contribution is -0.133. The number of nitrogens with zero attached hydrogens (tertiary/aromatic N) is 2. The minimum absolute atomic E-state index is 0.00200. The molecule has 2 amide bonds. The molecule has 0 saturated carbocycles. The van der Waals surface area contributed by atoms with E-state index < -0.39 is 0 Å². The van der Waals surface area contributed by atoms with Crippen LogP contribution in [-0.2, 0) is 16.0 Å². The molecule has 5 nitrogen and oxygen atoms in total. The molecule has 1 fully saturated rings. The van der Waals surface area contributed by atoms with E-state index in [1.807, 2.05) is 55.4 Å². The molecule has 1 aliphatic heterocycles. The molecular weight excluding hydrogens is 338 g/mol. The number of carbonyl (C=O) groups is 2. The first-order valence-electron chi connectivity index (χ1n) is 9.42. The molecule has 0 radical (unpaired) electrons. The van der Waals surface area contributed by atoms with Crippen LogP contribution in [-0.4, -0.2) is 43.9 Å². The van der Waals surface area contributed by atoms with E-state index in [-0.39, 0.29) is 17.9 Å². The Kier molecular flexibility index (Phi) is 6.12. The lowest BCUT2D eigenvalue weighted by atomic mass is 10.0. The zero-order valence-corrected chi connectivity index (χ0v) is 16.0. The monoisotopic (exact) mass is 365 g/mol. The normalized spacial score (nSPS) is 17.2. The van der Waals surface area contributed by atoms with Gasteiger partial charge in [-0.1, -0.05) is 42.5 Å². The number of amides is 2. The third-order valence-electron chi connectivity index (χ3n) is 4.99. The maximum Gasteiger partial charge on any atom is 0.223 e. The van der Waals surface area contributed by atoms with Crippen LogP contribution in [0, 0.1) is 0 Å². The Labute approximate surface area is 161 Å². The van der Waals surface area contributed by atoms with Crippen molar-refractivity contribution in [2.75, 3.05) is 32.1 Å². The number of anilines is 1. The standard InChI is InChI=1S/C22H27N3O2/c1-24(2)19-10-6-7-17(15-19)11-12-22(27)25-14-13-23-21(26)16-20(25)18-8-4-3-5-9-18/h3-10,15,20H,11-14,16H2,1-2H3,(H,23,26). The van der Waals surface area contributed by atoms with E-state index in [0.29, 0.717) is 32.4 Å². The Hall–Kier alpha value is -2.82. The van der Waals surface area contributed by atoms with Crippen molar-refractivity contribution in [1.82, 2.24) is 10.2 Å². The average molecular weight is 365 g/mol. The summed E-state index contributed by atoms with van der Waals surface area (Å²) in [5.41, 5.74) is 3.29. The summed E-state index contributed by atoms with van der Waals surface area (Å²) in [4.78, 5) is 29.0. The van der Waals surface area contributed by atoms with Crippen molar-refractivity contribution in [1.29, 1.82) is 0 Å². The number of aryl methyl sites for hydroxylation is 1. The van der Waals surface area contributed by atoms with Gasteiger partial charge in [0.2, 0.25) is 11.8 Å². The summed E-state index contributed by atoms with van der Waals surface area (Å²) in [6, 6.07) is 17.9. The Bertz CT molecular complexity index is 789. The first-order chi connectivity index (χ1) is 13.0. The van der Waals surface area contributed by atoms with Crippen LogP contribution in [0.5, 0.6) is 0 Å². The highest BCUT2D eigenvalue weighted by Crippen LogP contribution is 2.26. The summed E-state index contributed by atoms with van der Waals surface area (Å²) in [7, 11) is 4.02. The van der Waals surface area contributed by atoms with Crippen molar-refractivity contribution < 1.29 is 9.59 Å². The van der Waals surface area contributed by atoms with Gasteiger partial charge in [0, 0.05) is 39.3 Å². The SMILES string of the molecule is CN(C)c1cccc(CCC(=O)N2CCNC(=O)CC2c2ccccc2)c1. The topological polar surface area (TPSA) is 52.7 Å². The Balaban J connectivity index is 1.73. The molecule has 0 aromatic heterocycles. The number of hydrogen-bond donors (Lipinski definition) is 1. The van der Waals surface area contributed by atoms with Crippen LogP contribution in [0.25, 0.3) is 0 Å². The molecule has 0 aliphatic carbocycles. The number of nitrogens with one attached hydrogen (secondary N) is 1. The highest BCUT2D eigenvalue weighted by molar-refractivity contribution is 5.81. The van der Waals surface area contributed by atoms with Gasteiger partial charge in [0.05, 0.1) is 12.5 Å². The third-order valence-corrected chi connectivity index (χ3v) is 4.99. The van der Waals surface area contributed by atoms with Gasteiger partial charge in [-0.2, -0.15) is 0 Å². The van der Waals surface area contributed by atoms with Crippen molar-refractivity contribution in [3.8, 4) is 0 Å². The molecule has 27 heavy (non-hydrogen) atoms. The van der Waals surface area contributed by atoms with E-state index in [4.69, 9.17) is 0 Å². The van der Waals surface area contributed by atoms with Crippen LogP contribution in [0.1, 0.15) is 30.0 Å². The molecule has 2 aromatic rings. The van der Waals surface area contributed by atoms with Gasteiger partial charge < -0.3 is 15.1 Å². The van der Waals surface area contributed by atoms with Crippen LogP contribution in [0.4, 0.5) is 5.69 Å². The Morgan fingerprint density at radius 3 is 2.67 bits per heavy atom. The van der Waals surface area contributed by atoms with Gasteiger partial charge in [-0.25, -0.2) is 0 Å². The molecule has 142 valence electrons. The fraction of sp³-hybridized carbons (Fsp3) is 0.364. The second-order valence-electron chi connectivity index (χ2n) is 7.13. The summed E-state index contributed by atoms with van der Waals surface area (Å²) in [5.74, 6) is 0.0912. The van der Waals surface area contributed by atoms with Crippen LogP contribution in [0.3, 0.4) is 0 Å². The second-order valence-corrected chi connectivity index (χ2v) is 7.13. The molecule has 1 aliphatic rings. The third kappa shape index (κ3) is 4.88. The van der Waals surface area contributed by atoms with E-state index in [2.05, 4.69) is 28.4 Å². The predicted molar refractivity (Wildman–Crippen MR) is 108 cm³/mol. The second kappa shape index (κ2) is 8.71. The molecule has 2 aromatic carbocycles. The highest BCUT2D eigenvalue weighted by Gasteiger charge is 2.29. The van der Waals surface area contributed by atoms with Crippen LogP contribution < -0.4 is 10.2 Å². The molecular formula is C22H27N3O2. The van der Waals surface area contributed by atoms with Gasteiger partial charge in [0.1, 0.15) is 0 Å². The summed E-state index contributed by atoms with van der Waals surface area (Å²) in [6.07, 6.45) is 1.44. The lowest BCUT2D eigenvalue weighted by Gasteiger charge is -2.29. The molecule has 1 atom stereocenters. The van der Waals surface area contributed by atoms with Crippen molar-refractivity contribution in [3.63, 3.8) is 0 Å². The van der Waals surface area contributed by atoms with Gasteiger partial charge in [-0.3, -0.25) is 9.59 Å². The minimum Gasteiger partial charge on any atom is -0.378 e. The predicted octanol–water partition coefficient (Wildman–Crippen LogP) is 2.78. The maximum absolute atomic E-state index is 13.0. The van der Waals surface area contributed by atoms with Crippen molar-refractivity contribution in [2.45, 2.75) is 25.3 Å². The molecule has 1 heterocycles. The van der Waals surface area contributed by atoms with Crippen LogP contribution >= 0.6 is 0 Å². The van der Waals surface area contributed by atoms with Crippen LogP contribution in [0.15, 0.2) is 54.6 Å². The van der Waals surface area contributed by atoms with Gasteiger partial charge in [-0.05, 0) is 29.7 Å². The quantitative estimate of drug-likeness (QED) is 0.886. The summed E-state index contributed by atoms with van der Waals surface area (Å²) < 4.78 is 0. The first kappa shape index (κ1) is 19.0. The first-order valence-corrected chi connectivity index (χ1v) is 9.42. The average Bonchev–Trinajstić information content (AvgIpc) is 2.88. The zero-order chi connectivity index (χ0) is 19.2. The van der Waals surface area contributed by atoms with Gasteiger partial charge in [-0.15, -0.1) is 0 Å².